The molecule has 0 aromatic carbocycles. The summed E-state index contributed by atoms with van der Waals surface area (Å²) in [6.45, 7) is 13.6. The Morgan fingerprint density at radius 2 is 1.92 bits per heavy atom. The summed E-state index contributed by atoms with van der Waals surface area (Å²) >= 11 is 0. The molecule has 1 aliphatic rings. The minimum atomic E-state index is -0.283. The first kappa shape index (κ1) is 19.6. The van der Waals surface area contributed by atoms with Gasteiger partial charge in [-0.3, -0.25) is 9.36 Å². The number of carbonyl (C=O) groups is 1. The number of hydrogen-bond acceptors (Lipinski definition) is 4. The monoisotopic (exact) mass is 348 g/mol. The summed E-state index contributed by atoms with van der Waals surface area (Å²) in [7, 11) is 0. The largest absolute Gasteiger partial charge is 0.351 e. The lowest BCUT2D eigenvalue weighted by molar-refractivity contribution is -0.123. The second kappa shape index (κ2) is 8.13. The second-order valence-corrected chi connectivity index (χ2v) is 8.22. The van der Waals surface area contributed by atoms with Crippen LogP contribution in [0, 0.1) is 19.3 Å². The number of hydrogen-bond donors (Lipinski definition) is 1. The molecule has 0 unspecified atom stereocenters. The first-order chi connectivity index (χ1) is 11.7. The van der Waals surface area contributed by atoms with E-state index in [1.54, 1.807) is 11.5 Å². The van der Waals surface area contributed by atoms with Crippen LogP contribution in [0.1, 0.15) is 51.4 Å². The lowest BCUT2D eigenvalue weighted by Crippen LogP contribution is -2.50. The Morgan fingerprint density at radius 3 is 2.48 bits per heavy atom. The highest BCUT2D eigenvalue weighted by molar-refractivity contribution is 5.76. The first-order valence-electron chi connectivity index (χ1n) is 9.23. The molecule has 1 aromatic rings. The van der Waals surface area contributed by atoms with Crippen molar-refractivity contribution in [2.24, 2.45) is 5.41 Å². The van der Waals surface area contributed by atoms with E-state index < -0.39 is 0 Å². The van der Waals surface area contributed by atoms with Crippen molar-refractivity contribution in [2.45, 2.75) is 66.5 Å². The molecule has 0 aliphatic carbocycles. The Kier molecular flexibility index (Phi) is 6.38. The van der Waals surface area contributed by atoms with E-state index in [4.69, 9.17) is 0 Å². The predicted molar refractivity (Wildman–Crippen MR) is 99.6 cm³/mol. The van der Waals surface area contributed by atoms with Crippen LogP contribution < -0.4 is 11.0 Å². The Morgan fingerprint density at radius 1 is 1.28 bits per heavy atom. The third-order valence-electron chi connectivity index (χ3n) is 4.93. The van der Waals surface area contributed by atoms with Crippen LogP contribution in [-0.4, -0.2) is 46.0 Å². The maximum atomic E-state index is 12.5. The number of aromatic nitrogens is 2. The number of nitrogens with one attached hydrogen (secondary N) is 1. The van der Waals surface area contributed by atoms with Crippen LogP contribution in [0.25, 0.3) is 0 Å². The molecule has 1 aliphatic heterocycles. The number of carbonyl (C=O) groups excluding carboxylic acids is 1. The van der Waals surface area contributed by atoms with Gasteiger partial charge in [0.1, 0.15) is 0 Å². The zero-order valence-corrected chi connectivity index (χ0v) is 16.3. The van der Waals surface area contributed by atoms with Gasteiger partial charge < -0.3 is 10.2 Å². The van der Waals surface area contributed by atoms with Crippen LogP contribution >= 0.6 is 0 Å². The Balaban J connectivity index is 1.96. The molecule has 6 heteroatoms. The summed E-state index contributed by atoms with van der Waals surface area (Å²) in [5.74, 6) is -0.00834. The van der Waals surface area contributed by atoms with Crippen molar-refractivity contribution < 1.29 is 4.79 Å². The fraction of sp³-hybridized carbons (Fsp3) is 0.737. The van der Waals surface area contributed by atoms with Crippen molar-refractivity contribution >= 4 is 5.91 Å². The highest BCUT2D eigenvalue weighted by Gasteiger charge is 2.29. The van der Waals surface area contributed by atoms with Crippen LogP contribution in [0.15, 0.2) is 10.9 Å². The third-order valence-corrected chi connectivity index (χ3v) is 4.93. The van der Waals surface area contributed by atoms with E-state index in [0.29, 0.717) is 12.2 Å². The van der Waals surface area contributed by atoms with Crippen LogP contribution in [0.2, 0.25) is 0 Å². The highest BCUT2D eigenvalue weighted by atomic mass is 16.2. The molecule has 25 heavy (non-hydrogen) atoms. The molecule has 1 N–H and O–H groups in total. The maximum absolute atomic E-state index is 12.5. The van der Waals surface area contributed by atoms with E-state index in [2.05, 4.69) is 36.0 Å². The smallest absolute Gasteiger partial charge is 0.347 e. The highest BCUT2D eigenvalue weighted by Crippen LogP contribution is 2.22. The summed E-state index contributed by atoms with van der Waals surface area (Å²) in [5.41, 5.74) is 1.27. The molecule has 0 spiro atoms. The summed E-state index contributed by atoms with van der Waals surface area (Å²) in [5, 5.41) is 3.19. The van der Waals surface area contributed by atoms with E-state index in [1.807, 2.05) is 13.0 Å². The third kappa shape index (κ3) is 5.66. The molecule has 1 fully saturated rings. The standard InChI is InChI=1S/C19H32N4O2/c1-14-12-15(2)23(18(25)20-14)11-8-17(24)21-16(19(3,4)5)13-22-9-6-7-10-22/h12,16H,6-11,13H2,1-5H3,(H,21,24)/t16-/m0/s1. The van der Waals surface area contributed by atoms with E-state index in [9.17, 15) is 9.59 Å². The lowest BCUT2D eigenvalue weighted by Gasteiger charge is -2.34. The average Bonchev–Trinajstić information content (AvgIpc) is 2.97. The molecular weight excluding hydrogens is 316 g/mol. The fourth-order valence-electron chi connectivity index (χ4n) is 3.29. The number of likely N-dealkylation sites (tertiary alicyclic amines) is 1. The maximum Gasteiger partial charge on any atom is 0.347 e. The normalized spacial score (nSPS) is 16.8. The minimum Gasteiger partial charge on any atom is -0.351 e. The molecule has 0 radical (unpaired) electrons. The van der Waals surface area contributed by atoms with Crippen molar-refractivity contribution in [1.29, 1.82) is 0 Å². The zero-order chi connectivity index (χ0) is 18.6. The van der Waals surface area contributed by atoms with Crippen molar-refractivity contribution in [1.82, 2.24) is 19.8 Å². The van der Waals surface area contributed by atoms with Gasteiger partial charge in [0, 0.05) is 36.9 Å². The second-order valence-electron chi connectivity index (χ2n) is 8.22. The molecule has 1 amide bonds. The minimum absolute atomic E-state index is 0.00355. The quantitative estimate of drug-likeness (QED) is 0.852. The molecule has 1 atom stereocenters. The SMILES string of the molecule is Cc1cc(C)n(CCC(=O)N[C@@H](CN2CCCC2)C(C)(C)C)c(=O)n1. The molecular formula is C19H32N4O2. The van der Waals surface area contributed by atoms with Gasteiger partial charge in [0.25, 0.3) is 0 Å². The molecule has 1 saturated heterocycles. The Bertz CT molecular complexity index is 654. The lowest BCUT2D eigenvalue weighted by atomic mass is 9.86. The van der Waals surface area contributed by atoms with Gasteiger partial charge in [-0.25, -0.2) is 4.79 Å². The Labute approximate surface area is 150 Å². The molecule has 140 valence electrons. The number of aryl methyl sites for hydroxylation is 2. The van der Waals surface area contributed by atoms with E-state index in [0.717, 1.165) is 25.3 Å². The summed E-state index contributed by atoms with van der Waals surface area (Å²) in [6.07, 6.45) is 2.78. The summed E-state index contributed by atoms with van der Waals surface area (Å²) in [6, 6.07) is 1.97. The van der Waals surface area contributed by atoms with Gasteiger partial charge in [-0.15, -0.1) is 0 Å². The van der Waals surface area contributed by atoms with Gasteiger partial charge in [0.2, 0.25) is 5.91 Å². The fourth-order valence-corrected chi connectivity index (χ4v) is 3.29. The number of amides is 1. The van der Waals surface area contributed by atoms with Crippen LogP contribution in [0.3, 0.4) is 0 Å². The summed E-state index contributed by atoms with van der Waals surface area (Å²) < 4.78 is 1.57. The predicted octanol–water partition coefficient (Wildman–Crippen LogP) is 1.88. The van der Waals surface area contributed by atoms with Crippen molar-refractivity contribution in [3.05, 3.63) is 27.9 Å². The molecule has 0 saturated carbocycles. The number of rotatable bonds is 6. The Hall–Kier alpha value is -1.69. The van der Waals surface area contributed by atoms with Gasteiger partial charge in [-0.2, -0.15) is 4.98 Å². The topological polar surface area (TPSA) is 67.2 Å². The van der Waals surface area contributed by atoms with Gasteiger partial charge >= 0.3 is 5.69 Å². The van der Waals surface area contributed by atoms with E-state index in [-0.39, 0.29) is 29.5 Å². The molecule has 6 nitrogen and oxygen atoms in total. The van der Waals surface area contributed by atoms with Gasteiger partial charge in [0.15, 0.2) is 0 Å². The zero-order valence-electron chi connectivity index (χ0n) is 16.3. The van der Waals surface area contributed by atoms with E-state index >= 15 is 0 Å². The van der Waals surface area contributed by atoms with Crippen molar-refractivity contribution in [3.63, 3.8) is 0 Å². The molecule has 2 rings (SSSR count). The van der Waals surface area contributed by atoms with Crippen LogP contribution in [0.4, 0.5) is 0 Å². The van der Waals surface area contributed by atoms with E-state index in [1.165, 1.54) is 12.8 Å². The molecule has 2 heterocycles. The van der Waals surface area contributed by atoms with Crippen molar-refractivity contribution in [3.8, 4) is 0 Å². The van der Waals surface area contributed by atoms with Crippen LogP contribution in [0.5, 0.6) is 0 Å². The first-order valence-corrected chi connectivity index (χ1v) is 9.23. The van der Waals surface area contributed by atoms with Crippen molar-refractivity contribution in [2.75, 3.05) is 19.6 Å². The van der Waals surface area contributed by atoms with Crippen LogP contribution in [-0.2, 0) is 11.3 Å². The van der Waals surface area contributed by atoms with Gasteiger partial charge in [0.05, 0.1) is 0 Å². The molecule has 0 bridgehead atoms. The molecule has 1 aromatic heterocycles. The number of nitrogens with zero attached hydrogens (tertiary/aromatic N) is 3. The average molecular weight is 348 g/mol. The van der Waals surface area contributed by atoms with Gasteiger partial charge in [-0.05, 0) is 51.3 Å². The van der Waals surface area contributed by atoms with Gasteiger partial charge in [-0.1, -0.05) is 20.8 Å². The summed E-state index contributed by atoms with van der Waals surface area (Å²) in [4.78, 5) is 30.8.